The fraction of sp³-hybridized carbons (Fsp3) is 0.188. The Morgan fingerprint density at radius 2 is 2.00 bits per heavy atom. The molecule has 1 unspecified atom stereocenters. The minimum atomic E-state index is -1.05. The Morgan fingerprint density at radius 1 is 1.30 bits per heavy atom. The second-order valence-electron chi connectivity index (χ2n) is 4.21. The van der Waals surface area contributed by atoms with Crippen LogP contribution in [0.15, 0.2) is 54.2 Å². The van der Waals surface area contributed by atoms with Gasteiger partial charge in [0.25, 0.3) is 0 Å². The summed E-state index contributed by atoms with van der Waals surface area (Å²) in [6.07, 6.45) is 3.35. The highest BCUT2D eigenvalue weighted by molar-refractivity contribution is 7.85. The van der Waals surface area contributed by atoms with Gasteiger partial charge in [-0.25, -0.2) is 0 Å². The number of aromatic nitrogens is 1. The molecule has 0 bridgehead atoms. The largest absolute Gasteiger partial charge is 0.497 e. The van der Waals surface area contributed by atoms with Gasteiger partial charge in [0.1, 0.15) is 5.75 Å². The Balaban J connectivity index is 2.40. The predicted octanol–water partition coefficient (Wildman–Crippen LogP) is 3.28. The summed E-state index contributed by atoms with van der Waals surface area (Å²) in [5, 5.41) is 0. The molecule has 0 N–H and O–H groups in total. The van der Waals surface area contributed by atoms with Gasteiger partial charge in [0, 0.05) is 23.7 Å². The molecule has 3 nitrogen and oxygen atoms in total. The number of hydrogen-bond acceptors (Lipinski definition) is 3. The molecule has 0 radical (unpaired) electrons. The Morgan fingerprint density at radius 3 is 2.60 bits per heavy atom. The van der Waals surface area contributed by atoms with Crippen LogP contribution in [0, 0.1) is 0 Å². The molecule has 1 atom stereocenters. The summed E-state index contributed by atoms with van der Waals surface area (Å²) in [5.74, 6) is 1.36. The van der Waals surface area contributed by atoms with Crippen LogP contribution in [-0.4, -0.2) is 22.1 Å². The fourth-order valence-corrected chi connectivity index (χ4v) is 2.84. The van der Waals surface area contributed by atoms with Crippen molar-refractivity contribution in [1.82, 2.24) is 4.98 Å². The maximum absolute atomic E-state index is 12.1. The quantitative estimate of drug-likeness (QED) is 0.847. The van der Waals surface area contributed by atoms with Crippen LogP contribution in [-0.2, 0) is 10.8 Å². The number of methoxy groups -OCH3 is 1. The van der Waals surface area contributed by atoms with E-state index in [0.717, 1.165) is 27.3 Å². The van der Waals surface area contributed by atoms with E-state index in [4.69, 9.17) is 4.74 Å². The summed E-state index contributed by atoms with van der Waals surface area (Å²) in [6.45, 7) is 6.02. The van der Waals surface area contributed by atoms with Crippen molar-refractivity contribution >= 4 is 16.4 Å². The molecule has 0 fully saturated rings. The van der Waals surface area contributed by atoms with Crippen LogP contribution >= 0.6 is 0 Å². The molecule has 20 heavy (non-hydrogen) atoms. The highest BCUT2D eigenvalue weighted by atomic mass is 32.2. The number of rotatable bonds is 5. The van der Waals surface area contributed by atoms with E-state index in [0.29, 0.717) is 5.75 Å². The molecule has 2 aromatic rings. The van der Waals surface area contributed by atoms with Gasteiger partial charge < -0.3 is 4.74 Å². The SMILES string of the molecule is C=C(c1ccc(OC)cc1)c1ccncc1S(=O)CC. The normalized spacial score (nSPS) is 11.9. The van der Waals surface area contributed by atoms with E-state index in [1.807, 2.05) is 37.3 Å². The van der Waals surface area contributed by atoms with Crippen molar-refractivity contribution in [2.45, 2.75) is 11.8 Å². The van der Waals surface area contributed by atoms with Crippen LogP contribution in [0.1, 0.15) is 18.1 Å². The molecular weight excluding hydrogens is 270 g/mol. The van der Waals surface area contributed by atoms with Crippen LogP contribution in [0.5, 0.6) is 5.75 Å². The van der Waals surface area contributed by atoms with Crippen molar-refractivity contribution in [3.05, 3.63) is 60.4 Å². The van der Waals surface area contributed by atoms with E-state index < -0.39 is 10.8 Å². The van der Waals surface area contributed by atoms with Gasteiger partial charge in [-0.2, -0.15) is 0 Å². The van der Waals surface area contributed by atoms with Crippen molar-refractivity contribution in [1.29, 1.82) is 0 Å². The zero-order chi connectivity index (χ0) is 14.5. The summed E-state index contributed by atoms with van der Waals surface area (Å²) in [5.41, 5.74) is 2.70. The molecule has 0 spiro atoms. The monoisotopic (exact) mass is 287 g/mol. The third kappa shape index (κ3) is 2.96. The lowest BCUT2D eigenvalue weighted by Gasteiger charge is -2.11. The Kier molecular flexibility index (Phi) is 4.69. The van der Waals surface area contributed by atoms with E-state index in [1.54, 1.807) is 19.5 Å². The molecule has 104 valence electrons. The predicted molar refractivity (Wildman–Crippen MR) is 82.3 cm³/mol. The summed E-state index contributed by atoms with van der Waals surface area (Å²) >= 11 is 0. The van der Waals surface area contributed by atoms with Crippen molar-refractivity contribution in [2.24, 2.45) is 0 Å². The molecular formula is C16H17NO2S. The molecule has 0 saturated heterocycles. The van der Waals surface area contributed by atoms with Crippen LogP contribution in [0.2, 0.25) is 0 Å². The Labute approximate surface area is 121 Å². The van der Waals surface area contributed by atoms with Crippen molar-refractivity contribution < 1.29 is 8.95 Å². The average Bonchev–Trinajstić information content (AvgIpc) is 2.53. The van der Waals surface area contributed by atoms with E-state index in [1.165, 1.54) is 0 Å². The molecule has 0 amide bonds. The second-order valence-corrected chi connectivity index (χ2v) is 5.92. The van der Waals surface area contributed by atoms with Gasteiger partial charge in [-0.3, -0.25) is 9.19 Å². The van der Waals surface area contributed by atoms with Crippen molar-refractivity contribution in [3.8, 4) is 5.75 Å². The van der Waals surface area contributed by atoms with Gasteiger partial charge in [0.15, 0.2) is 0 Å². The molecule has 0 aliphatic rings. The van der Waals surface area contributed by atoms with Crippen LogP contribution in [0.4, 0.5) is 0 Å². The number of ether oxygens (including phenoxy) is 1. The minimum Gasteiger partial charge on any atom is -0.497 e. The number of pyridine rings is 1. The first kappa shape index (κ1) is 14.5. The summed E-state index contributed by atoms with van der Waals surface area (Å²) in [7, 11) is 0.584. The van der Waals surface area contributed by atoms with Crippen LogP contribution in [0.25, 0.3) is 5.57 Å². The lowest BCUT2D eigenvalue weighted by molar-refractivity contribution is 0.415. The molecule has 4 heteroatoms. The Hall–Kier alpha value is -1.94. The topological polar surface area (TPSA) is 39.2 Å². The first-order valence-electron chi connectivity index (χ1n) is 6.33. The fourth-order valence-electron chi connectivity index (χ4n) is 1.91. The third-order valence-corrected chi connectivity index (χ3v) is 4.40. The molecule has 0 aliphatic heterocycles. The highest BCUT2D eigenvalue weighted by Crippen LogP contribution is 2.27. The summed E-state index contributed by atoms with van der Waals surface area (Å²) in [4.78, 5) is 4.80. The second kappa shape index (κ2) is 6.48. The van der Waals surface area contributed by atoms with E-state index in [-0.39, 0.29) is 0 Å². The maximum Gasteiger partial charge on any atom is 0.118 e. The van der Waals surface area contributed by atoms with Crippen LogP contribution in [0.3, 0.4) is 0 Å². The zero-order valence-electron chi connectivity index (χ0n) is 11.6. The lowest BCUT2D eigenvalue weighted by atomic mass is 10.0. The highest BCUT2D eigenvalue weighted by Gasteiger charge is 2.12. The number of nitrogens with zero attached hydrogens (tertiary/aromatic N) is 1. The van der Waals surface area contributed by atoms with Crippen molar-refractivity contribution in [3.63, 3.8) is 0 Å². The third-order valence-electron chi connectivity index (χ3n) is 3.06. The molecule has 0 saturated carbocycles. The molecule has 0 aliphatic carbocycles. The van der Waals surface area contributed by atoms with E-state index in [2.05, 4.69) is 11.6 Å². The maximum atomic E-state index is 12.1. The van der Waals surface area contributed by atoms with Crippen molar-refractivity contribution in [2.75, 3.05) is 12.9 Å². The average molecular weight is 287 g/mol. The smallest absolute Gasteiger partial charge is 0.118 e. The molecule has 1 aromatic heterocycles. The van der Waals surface area contributed by atoms with Crippen LogP contribution < -0.4 is 4.74 Å². The number of benzene rings is 1. The minimum absolute atomic E-state index is 0.564. The van der Waals surface area contributed by atoms with E-state index >= 15 is 0 Å². The molecule has 2 rings (SSSR count). The van der Waals surface area contributed by atoms with Gasteiger partial charge >= 0.3 is 0 Å². The summed E-state index contributed by atoms with van der Waals surface area (Å²) < 4.78 is 17.2. The first-order valence-corrected chi connectivity index (χ1v) is 7.65. The standard InChI is InChI=1S/C16H17NO2S/c1-4-20(18)16-11-17-10-9-15(16)12(2)13-5-7-14(19-3)8-6-13/h5-11H,2,4H2,1,3H3. The number of hydrogen-bond donors (Lipinski definition) is 0. The van der Waals surface area contributed by atoms with Gasteiger partial charge in [0.05, 0.1) is 22.8 Å². The molecule has 1 heterocycles. The zero-order valence-corrected chi connectivity index (χ0v) is 12.4. The van der Waals surface area contributed by atoms with Gasteiger partial charge in [-0.1, -0.05) is 25.6 Å². The molecule has 1 aromatic carbocycles. The van der Waals surface area contributed by atoms with E-state index in [9.17, 15) is 4.21 Å². The lowest BCUT2D eigenvalue weighted by Crippen LogP contribution is -2.00. The van der Waals surface area contributed by atoms with Gasteiger partial charge in [0.2, 0.25) is 0 Å². The van der Waals surface area contributed by atoms with Gasteiger partial charge in [-0.15, -0.1) is 0 Å². The summed E-state index contributed by atoms with van der Waals surface area (Å²) in [6, 6.07) is 9.52. The first-order chi connectivity index (χ1) is 9.67. The van der Waals surface area contributed by atoms with Gasteiger partial charge in [-0.05, 0) is 29.3 Å². The Bertz CT molecular complexity index is 635.